The van der Waals surface area contributed by atoms with Crippen molar-refractivity contribution in [3.05, 3.63) is 23.8 Å². The molecule has 0 saturated carbocycles. The second kappa shape index (κ2) is 7.31. The van der Waals surface area contributed by atoms with Crippen LogP contribution in [-0.2, 0) is 4.79 Å². The van der Waals surface area contributed by atoms with E-state index in [0.717, 1.165) is 17.1 Å². The van der Waals surface area contributed by atoms with E-state index in [2.05, 4.69) is 0 Å². The van der Waals surface area contributed by atoms with E-state index in [9.17, 15) is 4.79 Å². The summed E-state index contributed by atoms with van der Waals surface area (Å²) in [4.78, 5) is 11.2. The van der Waals surface area contributed by atoms with E-state index in [1.807, 2.05) is 39.0 Å². The third kappa shape index (κ3) is 4.93. The van der Waals surface area contributed by atoms with Crippen LogP contribution in [0.25, 0.3) is 0 Å². The van der Waals surface area contributed by atoms with Gasteiger partial charge < -0.3 is 20.3 Å². The lowest BCUT2D eigenvalue weighted by atomic mass is 9.86. The summed E-state index contributed by atoms with van der Waals surface area (Å²) in [6.45, 7) is 8.44. The van der Waals surface area contributed by atoms with Crippen molar-refractivity contribution >= 4 is 5.97 Å². The van der Waals surface area contributed by atoms with E-state index < -0.39 is 11.5 Å². The Morgan fingerprint density at radius 2 is 1.71 bits per heavy atom. The summed E-state index contributed by atoms with van der Waals surface area (Å²) in [7, 11) is 0. The Kier molecular flexibility index (Phi) is 6.03. The summed E-state index contributed by atoms with van der Waals surface area (Å²) >= 11 is 0. The van der Waals surface area contributed by atoms with Crippen LogP contribution in [0.3, 0.4) is 0 Å². The lowest BCUT2D eigenvalue weighted by Gasteiger charge is -2.24. The molecule has 0 spiro atoms. The number of rotatable bonds is 8. The monoisotopic (exact) mass is 295 g/mol. The van der Waals surface area contributed by atoms with Gasteiger partial charge in [0.1, 0.15) is 17.0 Å². The molecule has 3 N–H and O–H groups in total. The third-order valence-corrected chi connectivity index (χ3v) is 3.31. The zero-order valence-electron chi connectivity index (χ0n) is 13.2. The molecule has 0 aliphatic carbocycles. The van der Waals surface area contributed by atoms with E-state index in [4.69, 9.17) is 20.3 Å². The molecule has 0 bridgehead atoms. The average molecular weight is 295 g/mol. The molecule has 1 aromatic carbocycles. The normalized spacial score (nSPS) is 15.1. The molecule has 0 radical (unpaired) electrons. The van der Waals surface area contributed by atoms with Crippen LogP contribution in [0.1, 0.15) is 45.6 Å². The van der Waals surface area contributed by atoms with Crippen LogP contribution in [0.5, 0.6) is 11.5 Å². The Morgan fingerprint density at radius 1 is 1.24 bits per heavy atom. The van der Waals surface area contributed by atoms with Crippen molar-refractivity contribution in [2.24, 2.45) is 5.73 Å². The van der Waals surface area contributed by atoms with E-state index in [-0.39, 0.29) is 5.92 Å². The molecule has 21 heavy (non-hydrogen) atoms. The first-order chi connectivity index (χ1) is 9.80. The van der Waals surface area contributed by atoms with Gasteiger partial charge in [-0.3, -0.25) is 4.79 Å². The standard InChI is InChI=1S/C16H25NO4/c1-5-20-13-7-12(8-14(9-13)21-6-2)11(3)10-16(4,17)15(18)19/h7-9,11H,5-6,10,17H2,1-4H3,(H,18,19). The van der Waals surface area contributed by atoms with Gasteiger partial charge in [-0.05, 0) is 50.8 Å². The smallest absolute Gasteiger partial charge is 0.323 e. The van der Waals surface area contributed by atoms with Gasteiger partial charge in [0, 0.05) is 6.07 Å². The minimum Gasteiger partial charge on any atom is -0.494 e. The SMILES string of the molecule is CCOc1cc(OCC)cc(C(C)CC(C)(N)C(=O)O)c1. The molecule has 5 heteroatoms. The molecule has 2 unspecified atom stereocenters. The summed E-state index contributed by atoms with van der Waals surface area (Å²) < 4.78 is 11.1. The van der Waals surface area contributed by atoms with Gasteiger partial charge >= 0.3 is 5.97 Å². The minimum atomic E-state index is -1.26. The largest absolute Gasteiger partial charge is 0.494 e. The van der Waals surface area contributed by atoms with Crippen molar-refractivity contribution in [1.82, 2.24) is 0 Å². The Bertz CT molecular complexity index is 461. The predicted molar refractivity (Wildman–Crippen MR) is 82.0 cm³/mol. The Labute approximate surface area is 126 Å². The first kappa shape index (κ1) is 17.3. The maximum atomic E-state index is 11.2. The molecule has 0 aromatic heterocycles. The van der Waals surface area contributed by atoms with Crippen molar-refractivity contribution in [3.63, 3.8) is 0 Å². The number of hydrogen-bond acceptors (Lipinski definition) is 4. The van der Waals surface area contributed by atoms with Crippen LogP contribution in [0, 0.1) is 0 Å². The van der Waals surface area contributed by atoms with Crippen molar-refractivity contribution in [2.45, 2.75) is 45.6 Å². The van der Waals surface area contributed by atoms with Gasteiger partial charge in [0.25, 0.3) is 0 Å². The van der Waals surface area contributed by atoms with Crippen molar-refractivity contribution in [3.8, 4) is 11.5 Å². The van der Waals surface area contributed by atoms with Gasteiger partial charge in [0.15, 0.2) is 0 Å². The predicted octanol–water partition coefficient (Wildman–Crippen LogP) is 2.78. The quantitative estimate of drug-likeness (QED) is 0.770. The molecule has 1 rings (SSSR count). The molecule has 118 valence electrons. The molecule has 0 amide bonds. The molecule has 0 heterocycles. The fraction of sp³-hybridized carbons (Fsp3) is 0.562. The Morgan fingerprint density at radius 3 is 2.10 bits per heavy atom. The van der Waals surface area contributed by atoms with Gasteiger partial charge in [0.2, 0.25) is 0 Å². The van der Waals surface area contributed by atoms with Crippen LogP contribution in [0.4, 0.5) is 0 Å². The first-order valence-corrected chi connectivity index (χ1v) is 7.23. The topological polar surface area (TPSA) is 81.8 Å². The molecule has 0 aliphatic heterocycles. The molecule has 0 fully saturated rings. The van der Waals surface area contributed by atoms with Gasteiger partial charge in [-0.15, -0.1) is 0 Å². The van der Waals surface area contributed by atoms with Gasteiger partial charge in [-0.2, -0.15) is 0 Å². The van der Waals surface area contributed by atoms with Gasteiger partial charge in [-0.1, -0.05) is 6.92 Å². The average Bonchev–Trinajstić information content (AvgIpc) is 2.38. The van der Waals surface area contributed by atoms with E-state index >= 15 is 0 Å². The summed E-state index contributed by atoms with van der Waals surface area (Å²) in [5.74, 6) is 0.426. The number of aliphatic carboxylic acids is 1. The lowest BCUT2D eigenvalue weighted by Crippen LogP contribution is -2.45. The van der Waals surface area contributed by atoms with Crippen LogP contribution in [0.15, 0.2) is 18.2 Å². The number of carboxylic acid groups (broad SMARTS) is 1. The molecule has 0 aliphatic rings. The van der Waals surface area contributed by atoms with Crippen LogP contribution >= 0.6 is 0 Å². The Hall–Kier alpha value is -1.75. The zero-order chi connectivity index (χ0) is 16.0. The summed E-state index contributed by atoms with van der Waals surface area (Å²) in [5, 5.41) is 9.14. The summed E-state index contributed by atoms with van der Waals surface area (Å²) in [6.07, 6.45) is 0.337. The van der Waals surface area contributed by atoms with Crippen molar-refractivity contribution < 1.29 is 19.4 Å². The number of benzene rings is 1. The summed E-state index contributed by atoms with van der Waals surface area (Å²) in [5.41, 5.74) is 5.53. The fourth-order valence-corrected chi connectivity index (χ4v) is 2.22. The van der Waals surface area contributed by atoms with E-state index in [1.54, 1.807) is 0 Å². The highest BCUT2D eigenvalue weighted by atomic mass is 16.5. The molecule has 2 atom stereocenters. The summed E-state index contributed by atoms with van der Waals surface area (Å²) in [6, 6.07) is 5.66. The number of hydrogen-bond donors (Lipinski definition) is 2. The van der Waals surface area contributed by atoms with Crippen molar-refractivity contribution in [2.75, 3.05) is 13.2 Å². The molecule has 1 aromatic rings. The zero-order valence-corrected chi connectivity index (χ0v) is 13.2. The number of carbonyl (C=O) groups is 1. The molecular weight excluding hydrogens is 270 g/mol. The highest BCUT2D eigenvalue weighted by molar-refractivity contribution is 5.77. The molecule has 0 saturated heterocycles. The van der Waals surface area contributed by atoms with Crippen LogP contribution in [-0.4, -0.2) is 29.8 Å². The number of carboxylic acids is 1. The minimum absolute atomic E-state index is 0.0179. The highest BCUT2D eigenvalue weighted by Crippen LogP contribution is 2.31. The maximum Gasteiger partial charge on any atom is 0.323 e. The van der Waals surface area contributed by atoms with Gasteiger partial charge in [0.05, 0.1) is 13.2 Å². The maximum absolute atomic E-state index is 11.2. The molecular formula is C16H25NO4. The van der Waals surface area contributed by atoms with Gasteiger partial charge in [-0.25, -0.2) is 0 Å². The third-order valence-electron chi connectivity index (χ3n) is 3.31. The van der Waals surface area contributed by atoms with Crippen molar-refractivity contribution in [1.29, 1.82) is 0 Å². The number of nitrogens with two attached hydrogens (primary N) is 1. The number of ether oxygens (including phenoxy) is 2. The molecule has 5 nitrogen and oxygen atoms in total. The second-order valence-electron chi connectivity index (χ2n) is 5.43. The second-order valence-corrected chi connectivity index (χ2v) is 5.43. The van der Waals surface area contributed by atoms with E-state index in [0.29, 0.717) is 19.6 Å². The Balaban J connectivity index is 3.01. The highest BCUT2D eigenvalue weighted by Gasteiger charge is 2.30. The fourth-order valence-electron chi connectivity index (χ4n) is 2.22. The van der Waals surface area contributed by atoms with Crippen LogP contribution < -0.4 is 15.2 Å². The first-order valence-electron chi connectivity index (χ1n) is 7.23. The van der Waals surface area contributed by atoms with E-state index in [1.165, 1.54) is 6.92 Å². The van der Waals surface area contributed by atoms with Crippen LogP contribution in [0.2, 0.25) is 0 Å². The lowest BCUT2D eigenvalue weighted by molar-refractivity contribution is -0.143.